The van der Waals surface area contributed by atoms with Crippen LogP contribution < -0.4 is 5.32 Å². The second-order valence-corrected chi connectivity index (χ2v) is 5.19. The standard InChI is InChI=1S/C17H13N5O2/c23-17(16-9-12-3-1-2-4-15(12)24-16)19-10-13-11-22(21-20-13)14-5-7-18-8-6-14/h1-9,11H,10H2,(H,19,23). The van der Waals surface area contributed by atoms with Gasteiger partial charge in [0, 0.05) is 17.8 Å². The van der Waals surface area contributed by atoms with Crippen molar-refractivity contribution in [1.29, 1.82) is 0 Å². The van der Waals surface area contributed by atoms with Crippen molar-refractivity contribution in [3.8, 4) is 5.69 Å². The van der Waals surface area contributed by atoms with Crippen molar-refractivity contribution in [2.75, 3.05) is 0 Å². The Morgan fingerprint density at radius 3 is 2.83 bits per heavy atom. The summed E-state index contributed by atoms with van der Waals surface area (Å²) in [6.45, 7) is 0.265. The van der Waals surface area contributed by atoms with Crippen molar-refractivity contribution in [2.45, 2.75) is 6.54 Å². The molecule has 1 amide bonds. The molecule has 0 aliphatic heterocycles. The summed E-state index contributed by atoms with van der Waals surface area (Å²) in [5.74, 6) is -0.0117. The fourth-order valence-electron chi connectivity index (χ4n) is 2.35. The Kier molecular flexibility index (Phi) is 3.51. The lowest BCUT2D eigenvalue weighted by Gasteiger charge is -1.99. The molecule has 0 fully saturated rings. The summed E-state index contributed by atoms with van der Waals surface area (Å²) in [5, 5.41) is 11.8. The first-order valence-corrected chi connectivity index (χ1v) is 7.38. The van der Waals surface area contributed by atoms with Crippen molar-refractivity contribution in [2.24, 2.45) is 0 Å². The van der Waals surface area contributed by atoms with Crippen LogP contribution in [-0.4, -0.2) is 25.9 Å². The maximum absolute atomic E-state index is 12.2. The lowest BCUT2D eigenvalue weighted by molar-refractivity contribution is 0.0925. The molecule has 0 unspecified atom stereocenters. The van der Waals surface area contributed by atoms with E-state index in [9.17, 15) is 4.79 Å². The van der Waals surface area contributed by atoms with Crippen LogP contribution in [0.1, 0.15) is 16.2 Å². The lowest BCUT2D eigenvalue weighted by atomic mass is 10.2. The Morgan fingerprint density at radius 1 is 1.17 bits per heavy atom. The molecule has 0 aliphatic rings. The van der Waals surface area contributed by atoms with Gasteiger partial charge in [0.15, 0.2) is 5.76 Å². The number of aromatic nitrogens is 4. The Morgan fingerprint density at radius 2 is 2.00 bits per heavy atom. The molecule has 3 heterocycles. The topological polar surface area (TPSA) is 85.8 Å². The summed E-state index contributed by atoms with van der Waals surface area (Å²) in [6, 6.07) is 12.9. The van der Waals surface area contributed by atoms with Crippen LogP contribution in [0.2, 0.25) is 0 Å². The molecule has 0 saturated heterocycles. The molecule has 7 nitrogen and oxygen atoms in total. The summed E-state index contributed by atoms with van der Waals surface area (Å²) in [6.07, 6.45) is 5.12. The van der Waals surface area contributed by atoms with E-state index in [-0.39, 0.29) is 18.2 Å². The number of para-hydroxylation sites is 1. The van der Waals surface area contributed by atoms with Gasteiger partial charge in [0.25, 0.3) is 5.91 Å². The van der Waals surface area contributed by atoms with Gasteiger partial charge in [0.2, 0.25) is 0 Å². The number of amides is 1. The molecule has 4 aromatic rings. The van der Waals surface area contributed by atoms with Crippen LogP contribution in [0.3, 0.4) is 0 Å². The minimum absolute atomic E-state index is 0.265. The number of carbonyl (C=O) groups excluding carboxylic acids is 1. The largest absolute Gasteiger partial charge is 0.451 e. The number of benzene rings is 1. The van der Waals surface area contributed by atoms with Crippen LogP contribution in [0.4, 0.5) is 0 Å². The molecular weight excluding hydrogens is 306 g/mol. The molecule has 0 atom stereocenters. The third kappa shape index (κ3) is 2.74. The number of rotatable bonds is 4. The zero-order valence-electron chi connectivity index (χ0n) is 12.6. The minimum Gasteiger partial charge on any atom is -0.451 e. The first kappa shape index (κ1) is 14.1. The monoisotopic (exact) mass is 319 g/mol. The number of carbonyl (C=O) groups is 1. The maximum Gasteiger partial charge on any atom is 0.287 e. The molecule has 7 heteroatoms. The highest BCUT2D eigenvalue weighted by atomic mass is 16.3. The van der Waals surface area contributed by atoms with Gasteiger partial charge in [-0.2, -0.15) is 0 Å². The molecule has 4 rings (SSSR count). The molecule has 24 heavy (non-hydrogen) atoms. The Balaban J connectivity index is 1.45. The summed E-state index contributed by atoms with van der Waals surface area (Å²) in [4.78, 5) is 16.2. The minimum atomic E-state index is -0.287. The smallest absolute Gasteiger partial charge is 0.287 e. The number of fused-ring (bicyclic) bond motifs is 1. The molecule has 1 N–H and O–H groups in total. The predicted octanol–water partition coefficient (Wildman–Crippen LogP) is 2.34. The SMILES string of the molecule is O=C(NCc1cn(-c2ccncc2)nn1)c1cc2ccccc2o1. The molecular formula is C17H13N5O2. The van der Waals surface area contributed by atoms with Gasteiger partial charge < -0.3 is 9.73 Å². The summed E-state index contributed by atoms with van der Waals surface area (Å²) >= 11 is 0. The van der Waals surface area contributed by atoms with Crippen LogP contribution in [0.5, 0.6) is 0 Å². The molecule has 0 saturated carbocycles. The van der Waals surface area contributed by atoms with Gasteiger partial charge in [-0.25, -0.2) is 4.68 Å². The zero-order chi connectivity index (χ0) is 16.4. The maximum atomic E-state index is 12.2. The second-order valence-electron chi connectivity index (χ2n) is 5.19. The van der Waals surface area contributed by atoms with Gasteiger partial charge in [-0.3, -0.25) is 9.78 Å². The highest BCUT2D eigenvalue weighted by Gasteiger charge is 2.12. The van der Waals surface area contributed by atoms with Gasteiger partial charge in [-0.15, -0.1) is 5.10 Å². The van der Waals surface area contributed by atoms with E-state index in [1.807, 2.05) is 36.4 Å². The van der Waals surface area contributed by atoms with Gasteiger partial charge in [-0.05, 0) is 24.3 Å². The van der Waals surface area contributed by atoms with Gasteiger partial charge in [0.05, 0.1) is 18.4 Å². The van der Waals surface area contributed by atoms with Gasteiger partial charge in [0.1, 0.15) is 11.3 Å². The Bertz CT molecular complexity index is 957. The quantitative estimate of drug-likeness (QED) is 0.624. The molecule has 3 aromatic heterocycles. The highest BCUT2D eigenvalue weighted by Crippen LogP contribution is 2.18. The fraction of sp³-hybridized carbons (Fsp3) is 0.0588. The molecule has 0 bridgehead atoms. The van der Waals surface area contributed by atoms with E-state index in [0.29, 0.717) is 11.3 Å². The first-order valence-electron chi connectivity index (χ1n) is 7.38. The Labute approximate surface area is 136 Å². The van der Waals surface area contributed by atoms with E-state index in [2.05, 4.69) is 20.6 Å². The van der Waals surface area contributed by atoms with Crippen LogP contribution in [0.15, 0.2) is 65.5 Å². The first-order chi connectivity index (χ1) is 11.8. The summed E-state index contributed by atoms with van der Waals surface area (Å²) in [5.41, 5.74) is 2.19. The van der Waals surface area contributed by atoms with Crippen molar-refractivity contribution in [3.05, 3.63) is 72.5 Å². The number of furan rings is 1. The number of hydrogen-bond acceptors (Lipinski definition) is 5. The summed E-state index contributed by atoms with van der Waals surface area (Å²) in [7, 11) is 0. The van der Waals surface area contributed by atoms with Gasteiger partial charge in [-0.1, -0.05) is 23.4 Å². The van der Waals surface area contributed by atoms with Crippen molar-refractivity contribution < 1.29 is 9.21 Å². The van der Waals surface area contributed by atoms with Gasteiger partial charge >= 0.3 is 0 Å². The third-order valence-corrected chi connectivity index (χ3v) is 3.55. The van der Waals surface area contributed by atoms with Crippen molar-refractivity contribution in [1.82, 2.24) is 25.3 Å². The van der Waals surface area contributed by atoms with Crippen LogP contribution >= 0.6 is 0 Å². The summed E-state index contributed by atoms with van der Waals surface area (Å²) < 4.78 is 7.16. The normalized spacial score (nSPS) is 10.8. The van der Waals surface area contributed by atoms with E-state index in [4.69, 9.17) is 4.42 Å². The van der Waals surface area contributed by atoms with Crippen LogP contribution in [0.25, 0.3) is 16.7 Å². The average molecular weight is 319 g/mol. The molecule has 1 aromatic carbocycles. The third-order valence-electron chi connectivity index (χ3n) is 3.55. The van der Waals surface area contributed by atoms with Crippen molar-refractivity contribution >= 4 is 16.9 Å². The van der Waals surface area contributed by atoms with E-state index in [1.54, 1.807) is 29.3 Å². The highest BCUT2D eigenvalue weighted by molar-refractivity contribution is 5.95. The Hall–Kier alpha value is -3.48. The van der Waals surface area contributed by atoms with Crippen LogP contribution in [0, 0.1) is 0 Å². The molecule has 0 spiro atoms. The average Bonchev–Trinajstić information content (AvgIpc) is 3.27. The lowest BCUT2D eigenvalue weighted by Crippen LogP contribution is -2.22. The van der Waals surface area contributed by atoms with E-state index in [0.717, 1.165) is 11.1 Å². The molecule has 118 valence electrons. The molecule has 0 aliphatic carbocycles. The number of hydrogen-bond donors (Lipinski definition) is 1. The van der Waals surface area contributed by atoms with E-state index in [1.165, 1.54) is 0 Å². The van der Waals surface area contributed by atoms with E-state index < -0.39 is 0 Å². The molecule has 0 radical (unpaired) electrons. The zero-order valence-corrected chi connectivity index (χ0v) is 12.6. The number of nitrogens with one attached hydrogen (secondary N) is 1. The predicted molar refractivity (Wildman–Crippen MR) is 86.5 cm³/mol. The number of nitrogens with zero attached hydrogens (tertiary/aromatic N) is 4. The number of pyridine rings is 1. The van der Waals surface area contributed by atoms with E-state index >= 15 is 0 Å². The second kappa shape index (κ2) is 5.96. The van der Waals surface area contributed by atoms with Crippen LogP contribution in [-0.2, 0) is 6.54 Å². The van der Waals surface area contributed by atoms with Crippen molar-refractivity contribution in [3.63, 3.8) is 0 Å². The fourth-order valence-corrected chi connectivity index (χ4v) is 2.35.